The lowest BCUT2D eigenvalue weighted by atomic mass is 10.1. The number of aromatic nitrogens is 2. The van der Waals surface area contributed by atoms with Crippen LogP contribution in [0.4, 0.5) is 4.39 Å². The van der Waals surface area contributed by atoms with E-state index in [1.165, 1.54) is 32.5 Å². The molecule has 0 amide bonds. The van der Waals surface area contributed by atoms with Crippen LogP contribution in [-0.2, 0) is 31.2 Å². The fourth-order valence-electron chi connectivity index (χ4n) is 5.32. The van der Waals surface area contributed by atoms with Gasteiger partial charge in [-0.1, -0.05) is 71.3 Å². The lowest BCUT2D eigenvalue weighted by molar-refractivity contribution is 0.401. The zero-order chi connectivity index (χ0) is 37.5. The summed E-state index contributed by atoms with van der Waals surface area (Å²) in [6, 6.07) is 27.5. The Balaban J connectivity index is 0.000000201. The molecule has 268 valence electrons. The Morgan fingerprint density at radius 2 is 0.981 bits per heavy atom. The molecule has 0 aliphatic heterocycles. The molecule has 0 saturated carbocycles. The Morgan fingerprint density at radius 3 is 1.42 bits per heavy atom. The molecule has 0 aliphatic carbocycles. The molecule has 2 heterocycles. The van der Waals surface area contributed by atoms with Crippen molar-refractivity contribution >= 4 is 31.3 Å². The molecule has 0 fully saturated rings. The van der Waals surface area contributed by atoms with E-state index in [1.54, 1.807) is 36.8 Å². The molecule has 0 unspecified atom stereocenters. The number of pyridine rings is 2. The number of rotatable bonds is 10. The van der Waals surface area contributed by atoms with Crippen LogP contribution in [-0.4, -0.2) is 41.0 Å². The summed E-state index contributed by atoms with van der Waals surface area (Å²) in [5.41, 5.74) is 7.06. The van der Waals surface area contributed by atoms with Crippen molar-refractivity contribution in [2.45, 2.75) is 35.1 Å². The molecule has 6 aromatic rings. The second-order valence-corrected chi connectivity index (χ2v) is 16.4. The van der Waals surface area contributed by atoms with E-state index in [2.05, 4.69) is 9.97 Å². The van der Waals surface area contributed by atoms with Gasteiger partial charge in [0.2, 0.25) is 0 Å². The smallest absolute Gasteiger partial charge is 0.186 e. The molecule has 0 saturated heterocycles. The summed E-state index contributed by atoms with van der Waals surface area (Å²) < 4.78 is 75.0. The van der Waals surface area contributed by atoms with Crippen molar-refractivity contribution in [2.24, 2.45) is 0 Å². The highest BCUT2D eigenvalue weighted by Crippen LogP contribution is 2.31. The van der Waals surface area contributed by atoms with E-state index in [-0.39, 0.29) is 32.8 Å². The second-order valence-electron chi connectivity index (χ2n) is 12.0. The number of nitrogens with zero attached hydrogens (tertiary/aromatic N) is 2. The zero-order valence-corrected chi connectivity index (χ0v) is 31.3. The van der Waals surface area contributed by atoms with Gasteiger partial charge in [0.25, 0.3) is 0 Å². The minimum absolute atomic E-state index is 0.0771. The largest absolute Gasteiger partial charge is 0.495 e. The summed E-state index contributed by atoms with van der Waals surface area (Å²) in [5.74, 6) is -0.711. The van der Waals surface area contributed by atoms with Gasteiger partial charge >= 0.3 is 0 Å². The third-order valence-electron chi connectivity index (χ3n) is 7.99. The fourth-order valence-corrected chi connectivity index (χ4v) is 8.58. The first kappa shape index (κ1) is 38.1. The topological polar surface area (TPSA) is 113 Å². The molecule has 4 aromatic carbocycles. The molecule has 2 aromatic heterocycles. The Morgan fingerprint density at radius 1 is 0.558 bits per heavy atom. The van der Waals surface area contributed by atoms with Gasteiger partial charge in [0.1, 0.15) is 27.1 Å². The molecule has 0 atom stereocenters. The molecule has 8 nitrogen and oxygen atoms in total. The molecule has 52 heavy (non-hydrogen) atoms. The highest BCUT2D eigenvalue weighted by Gasteiger charge is 2.23. The van der Waals surface area contributed by atoms with Crippen LogP contribution in [0.3, 0.4) is 0 Å². The first-order chi connectivity index (χ1) is 24.8. The van der Waals surface area contributed by atoms with Crippen molar-refractivity contribution < 1.29 is 30.7 Å². The number of ether oxygens (including phenoxy) is 2. The highest BCUT2D eigenvalue weighted by molar-refractivity contribution is 7.91. The van der Waals surface area contributed by atoms with Crippen molar-refractivity contribution in [1.29, 1.82) is 0 Å². The van der Waals surface area contributed by atoms with Gasteiger partial charge in [-0.2, -0.15) is 0 Å². The summed E-state index contributed by atoms with van der Waals surface area (Å²) in [5, 5.41) is 0.343. The first-order valence-corrected chi connectivity index (χ1v) is 19.6. The Labute approximate surface area is 308 Å². The average molecular weight is 759 g/mol. The summed E-state index contributed by atoms with van der Waals surface area (Å²) >= 11 is 5.97. The molecule has 0 radical (unpaired) electrons. The number of benzene rings is 4. The van der Waals surface area contributed by atoms with E-state index in [4.69, 9.17) is 21.1 Å². The molecule has 0 spiro atoms. The number of hydrogen-bond acceptors (Lipinski definition) is 8. The van der Waals surface area contributed by atoms with Gasteiger partial charge in [0, 0.05) is 40.9 Å². The summed E-state index contributed by atoms with van der Waals surface area (Å²) in [6.07, 6.45) is 6.47. The Bertz CT molecular complexity index is 2230. The van der Waals surface area contributed by atoms with E-state index in [1.807, 2.05) is 68.4 Å². The van der Waals surface area contributed by atoms with Crippen LogP contribution < -0.4 is 9.47 Å². The van der Waals surface area contributed by atoms with Gasteiger partial charge < -0.3 is 9.47 Å². The number of sulfone groups is 2. The van der Waals surface area contributed by atoms with Crippen molar-refractivity contribution in [3.05, 3.63) is 155 Å². The Hall–Kier alpha value is -5.10. The quantitative estimate of drug-likeness (QED) is 0.136. The van der Waals surface area contributed by atoms with Gasteiger partial charge in [-0.3, -0.25) is 9.97 Å². The van der Waals surface area contributed by atoms with E-state index in [0.717, 1.165) is 45.5 Å². The number of hydrogen-bond donors (Lipinski definition) is 0. The number of aryl methyl sites for hydroxylation is 2. The standard InChI is InChI=1S/C20H18ClNO3S.C20H18FNO3S/c2*1-14-3-5-16(6-4-14)17-9-15(11-22-12-17)13-26(23,24)20-10-18(21)7-8-19(20)25-2/h2*3-12H,13H2,1-2H3. The highest BCUT2D eigenvalue weighted by atomic mass is 35.5. The van der Waals surface area contributed by atoms with E-state index in [0.29, 0.717) is 16.1 Å². The molecule has 12 heteroatoms. The maximum Gasteiger partial charge on any atom is 0.186 e. The second kappa shape index (κ2) is 16.5. The predicted molar refractivity (Wildman–Crippen MR) is 202 cm³/mol. The zero-order valence-electron chi connectivity index (χ0n) is 28.9. The van der Waals surface area contributed by atoms with E-state index in [9.17, 15) is 21.2 Å². The van der Waals surface area contributed by atoms with Gasteiger partial charge in [0.05, 0.1) is 25.7 Å². The summed E-state index contributed by atoms with van der Waals surface area (Å²) in [4.78, 5) is 8.26. The van der Waals surface area contributed by atoms with Crippen molar-refractivity contribution in [2.75, 3.05) is 14.2 Å². The van der Waals surface area contributed by atoms with Crippen molar-refractivity contribution in [3.8, 4) is 33.8 Å². The van der Waals surface area contributed by atoms with Crippen molar-refractivity contribution in [1.82, 2.24) is 9.97 Å². The molecule has 0 N–H and O–H groups in total. The summed E-state index contributed by atoms with van der Waals surface area (Å²) in [7, 11) is -4.64. The minimum Gasteiger partial charge on any atom is -0.495 e. The maximum absolute atomic E-state index is 13.5. The third kappa shape index (κ3) is 9.61. The molecular formula is C40H36ClFN2O6S2. The normalized spacial score (nSPS) is 11.3. The van der Waals surface area contributed by atoms with Gasteiger partial charge in [-0.05, 0) is 84.6 Å². The lowest BCUT2D eigenvalue weighted by Crippen LogP contribution is -2.08. The lowest BCUT2D eigenvalue weighted by Gasteiger charge is -2.11. The third-order valence-corrected chi connectivity index (χ3v) is 11.6. The molecule has 6 rings (SSSR count). The van der Waals surface area contributed by atoms with Crippen LogP contribution in [0, 0.1) is 19.7 Å². The Kier molecular flexibility index (Phi) is 12.1. The van der Waals surface area contributed by atoms with Gasteiger partial charge in [-0.25, -0.2) is 21.2 Å². The molecule has 0 bridgehead atoms. The predicted octanol–water partition coefficient (Wildman–Crippen LogP) is 8.87. The molecular weight excluding hydrogens is 723 g/mol. The minimum atomic E-state index is -3.79. The van der Waals surface area contributed by atoms with E-state index >= 15 is 0 Å². The average Bonchev–Trinajstić information content (AvgIpc) is 3.12. The van der Waals surface area contributed by atoms with Gasteiger partial charge in [-0.15, -0.1) is 0 Å². The van der Waals surface area contributed by atoms with Crippen LogP contribution in [0.2, 0.25) is 5.02 Å². The SMILES string of the molecule is COc1ccc(Cl)cc1S(=O)(=O)Cc1cncc(-c2ccc(C)cc2)c1.COc1ccc(F)cc1S(=O)(=O)Cc1cncc(-c2ccc(C)cc2)c1. The fraction of sp³-hybridized carbons (Fsp3) is 0.150. The number of halogens is 2. The van der Waals surface area contributed by atoms with Crippen LogP contribution in [0.1, 0.15) is 22.3 Å². The number of methoxy groups -OCH3 is 2. The maximum atomic E-state index is 13.5. The van der Waals surface area contributed by atoms with Crippen LogP contribution >= 0.6 is 11.6 Å². The van der Waals surface area contributed by atoms with E-state index < -0.39 is 25.5 Å². The molecule has 0 aliphatic rings. The van der Waals surface area contributed by atoms with Crippen LogP contribution in [0.5, 0.6) is 11.5 Å². The van der Waals surface area contributed by atoms with Crippen molar-refractivity contribution in [3.63, 3.8) is 0 Å². The monoisotopic (exact) mass is 758 g/mol. The van der Waals surface area contributed by atoms with Crippen LogP contribution in [0.15, 0.2) is 132 Å². The first-order valence-electron chi connectivity index (χ1n) is 15.9. The van der Waals surface area contributed by atoms with Crippen LogP contribution in [0.25, 0.3) is 22.3 Å². The summed E-state index contributed by atoms with van der Waals surface area (Å²) in [6.45, 7) is 4.01. The van der Waals surface area contributed by atoms with Gasteiger partial charge in [0.15, 0.2) is 19.7 Å².